The molecule has 1 N–H and O–H groups in total. The van der Waals surface area contributed by atoms with Gasteiger partial charge in [-0.15, -0.1) is 11.3 Å². The van der Waals surface area contributed by atoms with Gasteiger partial charge in [0, 0.05) is 17.6 Å². The number of aromatic nitrogens is 1. The molecule has 0 unspecified atom stereocenters. The van der Waals surface area contributed by atoms with Crippen molar-refractivity contribution in [1.29, 1.82) is 0 Å². The van der Waals surface area contributed by atoms with E-state index in [1.165, 1.54) is 18.4 Å². The van der Waals surface area contributed by atoms with Gasteiger partial charge >= 0.3 is 0 Å². The SMILES string of the molecule is COc1ccc(NC(=O)[C@@]2(CC(=O)c3nccs3)OCC=C2C)c(OC)c1. The molecule has 0 fully saturated rings. The second-order valence-corrected chi connectivity index (χ2v) is 6.88. The van der Waals surface area contributed by atoms with Crippen LogP contribution in [-0.4, -0.2) is 43.1 Å². The maximum absolute atomic E-state index is 13.1. The summed E-state index contributed by atoms with van der Waals surface area (Å²) in [6, 6.07) is 5.06. The van der Waals surface area contributed by atoms with Gasteiger partial charge < -0.3 is 19.5 Å². The topological polar surface area (TPSA) is 86.8 Å². The zero-order chi connectivity index (χ0) is 19.4. The number of carbonyl (C=O) groups excluding carboxylic acids is 2. The van der Waals surface area contributed by atoms with Crippen molar-refractivity contribution in [3.05, 3.63) is 46.4 Å². The molecule has 0 saturated heterocycles. The molecule has 1 aliphatic rings. The van der Waals surface area contributed by atoms with Crippen LogP contribution in [0.5, 0.6) is 11.5 Å². The zero-order valence-electron chi connectivity index (χ0n) is 15.3. The Morgan fingerprint density at radius 2 is 2.15 bits per heavy atom. The summed E-state index contributed by atoms with van der Waals surface area (Å²) >= 11 is 1.24. The largest absolute Gasteiger partial charge is 0.497 e. The minimum absolute atomic E-state index is 0.118. The first kappa shape index (κ1) is 19.1. The third-order valence-corrected chi connectivity index (χ3v) is 5.27. The van der Waals surface area contributed by atoms with E-state index in [1.54, 1.807) is 49.9 Å². The van der Waals surface area contributed by atoms with Crippen molar-refractivity contribution in [2.75, 3.05) is 26.1 Å². The molecule has 142 valence electrons. The number of ether oxygens (including phenoxy) is 3. The van der Waals surface area contributed by atoms with Crippen molar-refractivity contribution in [3.8, 4) is 11.5 Å². The van der Waals surface area contributed by atoms with Crippen LogP contribution in [0.3, 0.4) is 0 Å². The number of anilines is 1. The lowest BCUT2D eigenvalue weighted by molar-refractivity contribution is -0.133. The molecular weight excluding hydrogens is 368 g/mol. The van der Waals surface area contributed by atoms with Gasteiger partial charge in [0.15, 0.2) is 16.4 Å². The number of rotatable bonds is 7. The molecule has 3 rings (SSSR count). The van der Waals surface area contributed by atoms with Crippen molar-refractivity contribution in [2.45, 2.75) is 18.9 Å². The first-order chi connectivity index (χ1) is 13.0. The highest BCUT2D eigenvalue weighted by Crippen LogP contribution is 2.36. The first-order valence-corrected chi connectivity index (χ1v) is 9.15. The highest BCUT2D eigenvalue weighted by molar-refractivity contribution is 7.11. The molecule has 2 heterocycles. The van der Waals surface area contributed by atoms with Crippen LogP contribution in [0.25, 0.3) is 0 Å². The lowest BCUT2D eigenvalue weighted by Gasteiger charge is -2.28. The van der Waals surface area contributed by atoms with Gasteiger partial charge in [0.1, 0.15) is 11.5 Å². The van der Waals surface area contributed by atoms with E-state index in [4.69, 9.17) is 14.2 Å². The quantitative estimate of drug-likeness (QED) is 0.579. The number of methoxy groups -OCH3 is 2. The maximum Gasteiger partial charge on any atom is 0.261 e. The summed E-state index contributed by atoms with van der Waals surface area (Å²) in [5.74, 6) is 0.383. The van der Waals surface area contributed by atoms with Crippen molar-refractivity contribution in [1.82, 2.24) is 4.98 Å². The Labute approximate surface area is 161 Å². The predicted molar refractivity (Wildman–Crippen MR) is 102 cm³/mol. The van der Waals surface area contributed by atoms with Gasteiger partial charge in [0.2, 0.25) is 0 Å². The minimum Gasteiger partial charge on any atom is -0.497 e. The van der Waals surface area contributed by atoms with Gasteiger partial charge in [-0.3, -0.25) is 9.59 Å². The smallest absolute Gasteiger partial charge is 0.261 e. The second-order valence-electron chi connectivity index (χ2n) is 5.98. The normalized spacial score (nSPS) is 18.7. The van der Waals surface area contributed by atoms with Gasteiger partial charge in [-0.25, -0.2) is 4.98 Å². The van der Waals surface area contributed by atoms with Crippen LogP contribution in [0.15, 0.2) is 41.4 Å². The highest BCUT2D eigenvalue weighted by Gasteiger charge is 2.46. The number of amides is 1. The first-order valence-electron chi connectivity index (χ1n) is 8.27. The summed E-state index contributed by atoms with van der Waals surface area (Å²) in [5, 5.41) is 4.90. The Balaban J connectivity index is 1.87. The second kappa shape index (κ2) is 7.89. The number of Topliss-reactive ketones (excluding diaryl/α,β-unsaturated/α-hetero) is 1. The van der Waals surface area contributed by atoms with Crippen molar-refractivity contribution in [3.63, 3.8) is 0 Å². The fourth-order valence-electron chi connectivity index (χ4n) is 2.89. The fourth-order valence-corrected chi connectivity index (χ4v) is 3.47. The summed E-state index contributed by atoms with van der Waals surface area (Å²) in [5.41, 5.74) is -0.210. The predicted octanol–water partition coefficient (Wildman–Crippen LogP) is 3.09. The Morgan fingerprint density at radius 1 is 1.33 bits per heavy atom. The molecule has 0 bridgehead atoms. The molecule has 0 aliphatic carbocycles. The van der Waals surface area contributed by atoms with Crippen molar-refractivity contribution < 1.29 is 23.8 Å². The lowest BCUT2D eigenvalue weighted by atomic mass is 9.89. The molecular formula is C19H20N2O5S. The molecule has 8 heteroatoms. The zero-order valence-corrected chi connectivity index (χ0v) is 16.1. The van der Waals surface area contributed by atoms with E-state index in [-0.39, 0.29) is 18.8 Å². The van der Waals surface area contributed by atoms with Crippen LogP contribution < -0.4 is 14.8 Å². The Kier molecular flexibility index (Phi) is 5.57. The van der Waals surface area contributed by atoms with Crippen LogP contribution in [-0.2, 0) is 9.53 Å². The van der Waals surface area contributed by atoms with E-state index >= 15 is 0 Å². The van der Waals surface area contributed by atoms with Gasteiger partial charge in [-0.05, 0) is 24.6 Å². The van der Waals surface area contributed by atoms with Gasteiger partial charge in [0.05, 0.1) is 32.9 Å². The number of ketones is 1. The molecule has 1 atom stereocenters. The Morgan fingerprint density at radius 3 is 2.74 bits per heavy atom. The van der Waals surface area contributed by atoms with Crippen molar-refractivity contribution >= 4 is 28.7 Å². The number of benzene rings is 1. The average molecular weight is 388 g/mol. The molecule has 1 aliphatic heterocycles. The number of carbonyl (C=O) groups is 2. The van der Waals surface area contributed by atoms with Gasteiger partial charge in [-0.1, -0.05) is 6.08 Å². The van der Waals surface area contributed by atoms with E-state index in [2.05, 4.69) is 10.3 Å². The number of nitrogens with one attached hydrogen (secondary N) is 1. The number of hydrogen-bond acceptors (Lipinski definition) is 7. The highest BCUT2D eigenvalue weighted by atomic mass is 32.1. The third kappa shape index (κ3) is 3.72. The summed E-state index contributed by atoms with van der Waals surface area (Å²) in [6.07, 6.45) is 3.25. The van der Waals surface area contributed by atoms with Crippen LogP contribution in [0.4, 0.5) is 5.69 Å². The van der Waals surface area contributed by atoms with Crippen molar-refractivity contribution in [2.24, 2.45) is 0 Å². The monoisotopic (exact) mass is 388 g/mol. The fraction of sp³-hybridized carbons (Fsp3) is 0.316. The molecule has 0 radical (unpaired) electrons. The molecule has 0 saturated carbocycles. The molecule has 1 aromatic heterocycles. The van der Waals surface area contributed by atoms with E-state index in [1.807, 2.05) is 0 Å². The van der Waals surface area contributed by atoms with E-state index in [9.17, 15) is 9.59 Å². The summed E-state index contributed by atoms with van der Waals surface area (Å²) in [4.78, 5) is 29.8. The van der Waals surface area contributed by atoms with Crippen LogP contribution in [0.1, 0.15) is 23.1 Å². The molecule has 0 spiro atoms. The maximum atomic E-state index is 13.1. The lowest BCUT2D eigenvalue weighted by Crippen LogP contribution is -2.46. The van der Waals surface area contributed by atoms with E-state index < -0.39 is 11.5 Å². The molecule has 2 aromatic rings. The van der Waals surface area contributed by atoms with Gasteiger partial charge in [-0.2, -0.15) is 0 Å². The summed E-state index contributed by atoms with van der Waals surface area (Å²) in [6.45, 7) is 2.05. The standard InChI is InChI=1S/C19H20N2O5S/c1-12-6-8-26-19(12,11-15(22)17-20-7-9-27-17)18(23)21-14-5-4-13(24-2)10-16(14)25-3/h4-7,9-10H,8,11H2,1-3H3,(H,21,23)/t19-/m0/s1. The third-order valence-electron chi connectivity index (χ3n) is 4.46. The molecule has 1 amide bonds. The molecule has 1 aromatic carbocycles. The van der Waals surface area contributed by atoms with Gasteiger partial charge in [0.25, 0.3) is 5.91 Å². The van der Waals surface area contributed by atoms with E-state index in [0.717, 1.165) is 0 Å². The van der Waals surface area contributed by atoms with Crippen LogP contribution in [0, 0.1) is 0 Å². The summed E-state index contributed by atoms with van der Waals surface area (Å²) in [7, 11) is 3.05. The summed E-state index contributed by atoms with van der Waals surface area (Å²) < 4.78 is 16.3. The molecule has 7 nitrogen and oxygen atoms in total. The number of hydrogen-bond donors (Lipinski definition) is 1. The molecule has 27 heavy (non-hydrogen) atoms. The van der Waals surface area contributed by atoms with Crippen LogP contribution in [0.2, 0.25) is 0 Å². The number of thiazole rings is 1. The van der Waals surface area contributed by atoms with E-state index in [0.29, 0.717) is 27.8 Å². The Hall–Kier alpha value is -2.71. The Bertz CT molecular complexity index is 878. The minimum atomic E-state index is -1.37. The number of nitrogens with zero attached hydrogens (tertiary/aromatic N) is 1. The van der Waals surface area contributed by atoms with Crippen LogP contribution >= 0.6 is 11.3 Å². The average Bonchev–Trinajstić information content (AvgIpc) is 3.33.